The van der Waals surface area contributed by atoms with Crippen molar-refractivity contribution in [3.63, 3.8) is 0 Å². The number of ether oxygens (including phenoxy) is 1. The van der Waals surface area contributed by atoms with Crippen molar-refractivity contribution in [1.82, 2.24) is 0 Å². The molecule has 0 saturated carbocycles. The molecule has 1 aromatic rings. The second-order valence-electron chi connectivity index (χ2n) is 3.50. The summed E-state index contributed by atoms with van der Waals surface area (Å²) in [7, 11) is 0. The Bertz CT molecular complexity index is 537. The van der Waals surface area contributed by atoms with Crippen LogP contribution >= 0.6 is 11.8 Å². The van der Waals surface area contributed by atoms with Crippen LogP contribution in [0.5, 0.6) is 0 Å². The van der Waals surface area contributed by atoms with E-state index in [4.69, 9.17) is 4.74 Å². The molecule has 0 aliphatic carbocycles. The van der Waals surface area contributed by atoms with Gasteiger partial charge in [-0.15, -0.1) is 11.8 Å². The molecule has 94 valence electrons. The highest BCUT2D eigenvalue weighted by Crippen LogP contribution is 2.24. The zero-order chi connectivity index (χ0) is 13.1. The third kappa shape index (κ3) is 2.53. The summed E-state index contributed by atoms with van der Waals surface area (Å²) in [6.45, 7) is -0.128. The minimum Gasteiger partial charge on any atom is -0.508 e. The molecule has 6 heteroatoms. The Labute approximate surface area is 107 Å². The number of hydrogen-bond acceptors (Lipinski definition) is 5. The van der Waals surface area contributed by atoms with Gasteiger partial charge in [-0.25, -0.2) is 14.2 Å². The Balaban J connectivity index is 2.37. The normalized spacial score (nSPS) is 16.1. The van der Waals surface area contributed by atoms with Crippen LogP contribution in [-0.4, -0.2) is 29.0 Å². The summed E-state index contributed by atoms with van der Waals surface area (Å²) in [5, 5.41) is 9.91. The molecule has 0 radical (unpaired) electrons. The number of aliphatic hydroxyl groups excluding tert-OH is 1. The molecule has 0 spiro atoms. The first-order valence-electron chi connectivity index (χ1n) is 5.09. The first-order valence-corrected chi connectivity index (χ1v) is 6.32. The average Bonchev–Trinajstić information content (AvgIpc) is 2.69. The molecule has 1 N–H and O–H groups in total. The predicted octanol–water partition coefficient (Wildman–Crippen LogP) is 2.59. The van der Waals surface area contributed by atoms with Gasteiger partial charge in [0, 0.05) is 0 Å². The van der Waals surface area contributed by atoms with Gasteiger partial charge in [-0.05, 0) is 30.5 Å². The molecule has 0 aromatic heterocycles. The smallest absolute Gasteiger partial charge is 0.344 e. The summed E-state index contributed by atoms with van der Waals surface area (Å²) in [6, 6.07) is 5.53. The maximum absolute atomic E-state index is 12.8. The minimum absolute atomic E-state index is 0.0758. The Kier molecular flexibility index (Phi) is 3.66. The predicted molar refractivity (Wildman–Crippen MR) is 67.6 cm³/mol. The number of carbonyl (C=O) groups excluding carboxylic acids is 1. The number of halogens is 1. The van der Waals surface area contributed by atoms with Crippen molar-refractivity contribution in [1.29, 1.82) is 0 Å². The van der Waals surface area contributed by atoms with Crippen molar-refractivity contribution < 1.29 is 19.0 Å². The van der Waals surface area contributed by atoms with Crippen molar-refractivity contribution in [3.8, 4) is 0 Å². The van der Waals surface area contributed by atoms with E-state index in [1.807, 2.05) is 0 Å². The number of rotatable bonds is 2. The molecule has 1 aromatic carbocycles. The molecule has 18 heavy (non-hydrogen) atoms. The fraction of sp³-hybridized carbons (Fsp3) is 0.167. The number of benzene rings is 1. The summed E-state index contributed by atoms with van der Waals surface area (Å²) >= 11 is 1.21. The van der Waals surface area contributed by atoms with Crippen molar-refractivity contribution in [3.05, 3.63) is 41.4 Å². The van der Waals surface area contributed by atoms with Gasteiger partial charge in [-0.1, -0.05) is 0 Å². The highest BCUT2D eigenvalue weighted by Gasteiger charge is 2.28. The van der Waals surface area contributed by atoms with Gasteiger partial charge in [0.1, 0.15) is 28.8 Å². The molecular weight excluding hydrogens is 257 g/mol. The molecule has 0 unspecified atom stereocenters. The van der Waals surface area contributed by atoms with E-state index in [0.717, 1.165) is 0 Å². The lowest BCUT2D eigenvalue weighted by Gasteiger charge is -2.02. The number of esters is 1. The van der Waals surface area contributed by atoms with Gasteiger partial charge in [0.2, 0.25) is 0 Å². The molecule has 1 heterocycles. The van der Waals surface area contributed by atoms with Crippen LogP contribution in [0.3, 0.4) is 0 Å². The Morgan fingerprint density at radius 3 is 2.61 bits per heavy atom. The Morgan fingerprint density at radius 1 is 1.44 bits per heavy atom. The second kappa shape index (κ2) is 5.22. The number of cyclic esters (lactones) is 1. The lowest BCUT2D eigenvalue weighted by Crippen LogP contribution is -2.07. The van der Waals surface area contributed by atoms with Gasteiger partial charge < -0.3 is 9.84 Å². The molecule has 1 aliphatic rings. The molecular formula is C12H10FNO3S. The molecule has 0 saturated heterocycles. The van der Waals surface area contributed by atoms with Crippen LogP contribution in [0.2, 0.25) is 0 Å². The van der Waals surface area contributed by atoms with E-state index in [2.05, 4.69) is 4.99 Å². The maximum Gasteiger partial charge on any atom is 0.344 e. The number of thioether (sulfide) groups is 1. The fourth-order valence-electron chi connectivity index (χ4n) is 1.44. The van der Waals surface area contributed by atoms with E-state index in [9.17, 15) is 14.3 Å². The largest absolute Gasteiger partial charge is 0.508 e. The van der Waals surface area contributed by atoms with Crippen molar-refractivity contribution in [2.75, 3.05) is 12.9 Å². The summed E-state index contributed by atoms with van der Waals surface area (Å²) in [4.78, 5) is 15.6. The van der Waals surface area contributed by atoms with Gasteiger partial charge in [0.05, 0.1) is 5.69 Å². The van der Waals surface area contributed by atoms with E-state index in [1.165, 1.54) is 36.0 Å². The zero-order valence-corrected chi connectivity index (χ0v) is 10.3. The zero-order valence-electron chi connectivity index (χ0n) is 9.51. The van der Waals surface area contributed by atoms with Gasteiger partial charge in [0.25, 0.3) is 0 Å². The van der Waals surface area contributed by atoms with E-state index >= 15 is 0 Å². The number of aliphatic imine (C=N–C) groups is 1. The topological polar surface area (TPSA) is 58.9 Å². The number of aliphatic hydroxyl groups is 1. The van der Waals surface area contributed by atoms with Gasteiger partial charge in [-0.3, -0.25) is 0 Å². The monoisotopic (exact) mass is 267 g/mol. The molecule has 4 nitrogen and oxygen atoms in total. The molecule has 0 amide bonds. The summed E-state index contributed by atoms with van der Waals surface area (Å²) < 4.78 is 17.5. The first-order chi connectivity index (χ1) is 8.61. The number of nitrogens with zero attached hydrogens (tertiary/aromatic N) is 1. The summed E-state index contributed by atoms with van der Waals surface area (Å²) in [5.74, 6) is -1.08. The number of carbonyl (C=O) groups is 1. The lowest BCUT2D eigenvalue weighted by atomic mass is 10.2. The first kappa shape index (κ1) is 12.6. The van der Waals surface area contributed by atoms with Crippen LogP contribution in [0.15, 0.2) is 40.6 Å². The lowest BCUT2D eigenvalue weighted by molar-refractivity contribution is -0.135. The van der Waals surface area contributed by atoms with Gasteiger partial charge in [0.15, 0.2) is 0 Å². The fourth-order valence-corrected chi connectivity index (χ4v) is 2.05. The molecule has 0 atom stereocenters. The number of hydrogen-bond donors (Lipinski definition) is 1. The van der Waals surface area contributed by atoms with Crippen LogP contribution in [0.4, 0.5) is 10.1 Å². The summed E-state index contributed by atoms with van der Waals surface area (Å²) in [5.41, 5.74) is 0.576. The quantitative estimate of drug-likeness (QED) is 0.508. The molecule has 0 bridgehead atoms. The minimum atomic E-state index is -0.595. The SMILES string of the molecule is CSC(=Nc1ccc(F)cc1)C1=C(O)COC1=O. The second-order valence-corrected chi connectivity index (χ2v) is 4.29. The Hall–Kier alpha value is -1.82. The van der Waals surface area contributed by atoms with Crippen molar-refractivity contribution in [2.24, 2.45) is 4.99 Å². The molecule has 2 rings (SSSR count). The van der Waals surface area contributed by atoms with Crippen LogP contribution in [0.25, 0.3) is 0 Å². The van der Waals surface area contributed by atoms with Crippen molar-refractivity contribution >= 4 is 28.5 Å². The third-order valence-corrected chi connectivity index (χ3v) is 2.98. The van der Waals surface area contributed by atoms with E-state index in [1.54, 1.807) is 6.26 Å². The van der Waals surface area contributed by atoms with Gasteiger partial charge >= 0.3 is 5.97 Å². The highest BCUT2D eigenvalue weighted by molar-refractivity contribution is 8.14. The van der Waals surface area contributed by atoms with Crippen LogP contribution in [-0.2, 0) is 9.53 Å². The standard InChI is InChI=1S/C12H10FNO3S/c1-18-11(10-9(15)6-17-12(10)16)14-8-4-2-7(13)3-5-8/h2-5,15H,6H2,1H3. The average molecular weight is 267 g/mol. The van der Waals surface area contributed by atoms with Gasteiger partial charge in [-0.2, -0.15) is 0 Å². The molecule has 0 fully saturated rings. The Morgan fingerprint density at radius 2 is 2.11 bits per heavy atom. The third-order valence-electron chi connectivity index (χ3n) is 2.30. The van der Waals surface area contributed by atoms with Crippen LogP contribution in [0.1, 0.15) is 0 Å². The van der Waals surface area contributed by atoms with Crippen LogP contribution in [0, 0.1) is 5.82 Å². The summed E-state index contributed by atoms with van der Waals surface area (Å²) in [6.07, 6.45) is 1.73. The van der Waals surface area contributed by atoms with E-state index in [-0.39, 0.29) is 23.8 Å². The van der Waals surface area contributed by atoms with Crippen LogP contribution < -0.4 is 0 Å². The van der Waals surface area contributed by atoms with E-state index in [0.29, 0.717) is 10.7 Å². The van der Waals surface area contributed by atoms with E-state index < -0.39 is 5.97 Å². The maximum atomic E-state index is 12.8. The van der Waals surface area contributed by atoms with Crippen molar-refractivity contribution in [2.45, 2.75) is 0 Å². The molecule has 1 aliphatic heterocycles. The highest BCUT2D eigenvalue weighted by atomic mass is 32.2.